The first kappa shape index (κ1) is 17.1. The van der Waals surface area contributed by atoms with Crippen LogP contribution < -0.4 is 0 Å². The zero-order valence-corrected chi connectivity index (χ0v) is 15.4. The fraction of sp³-hybridized carbons (Fsp3) is 0.211. The number of thioether (sulfide) groups is 1. The summed E-state index contributed by atoms with van der Waals surface area (Å²) in [5, 5.41) is 9.76. The first-order valence-corrected chi connectivity index (χ1v) is 9.53. The minimum absolute atomic E-state index is 0.191. The Labute approximate surface area is 160 Å². The van der Waals surface area contributed by atoms with E-state index in [-0.39, 0.29) is 11.2 Å². The van der Waals surface area contributed by atoms with Crippen molar-refractivity contribution in [2.75, 3.05) is 6.61 Å². The Bertz CT molecular complexity index is 930. The molecule has 0 saturated carbocycles. The molecule has 0 radical (unpaired) electrons. The quantitative estimate of drug-likeness (QED) is 0.620. The molecule has 1 aliphatic heterocycles. The van der Waals surface area contributed by atoms with Crippen molar-refractivity contribution in [2.45, 2.75) is 23.4 Å². The van der Waals surface area contributed by atoms with Crippen LogP contribution in [0, 0.1) is 0 Å². The highest BCUT2D eigenvalue weighted by Crippen LogP contribution is 2.33. The number of aromatic nitrogens is 3. The van der Waals surface area contributed by atoms with Crippen molar-refractivity contribution < 1.29 is 9.53 Å². The third-order valence-corrected chi connectivity index (χ3v) is 5.71. The number of cyclic esters (lactones) is 1. The molecule has 2 aromatic carbocycles. The fourth-order valence-electron chi connectivity index (χ4n) is 2.84. The molecule has 0 amide bonds. The lowest BCUT2D eigenvalue weighted by Crippen LogP contribution is -2.12. The lowest BCUT2D eigenvalue weighted by Gasteiger charge is -2.12. The second-order valence-electron chi connectivity index (χ2n) is 5.92. The summed E-state index contributed by atoms with van der Waals surface area (Å²) in [6.07, 6.45) is 0.684. The Kier molecular flexibility index (Phi) is 4.95. The number of halogens is 1. The SMILES string of the molecule is O=C1OCC[C@@H]1Sc1nnc(-c2ccccc2Cl)n1Cc1ccccc1. The summed E-state index contributed by atoms with van der Waals surface area (Å²) in [5.41, 5.74) is 1.94. The zero-order chi connectivity index (χ0) is 17.9. The van der Waals surface area contributed by atoms with Crippen LogP contribution >= 0.6 is 23.4 Å². The molecule has 2 heterocycles. The van der Waals surface area contributed by atoms with Crippen molar-refractivity contribution >= 4 is 29.3 Å². The number of rotatable bonds is 5. The number of ether oxygens (including phenoxy) is 1. The molecule has 26 heavy (non-hydrogen) atoms. The predicted molar refractivity (Wildman–Crippen MR) is 101 cm³/mol. The minimum atomic E-state index is -0.243. The molecule has 0 aliphatic carbocycles. The van der Waals surface area contributed by atoms with Gasteiger partial charge in [-0.25, -0.2) is 0 Å². The van der Waals surface area contributed by atoms with Gasteiger partial charge < -0.3 is 4.74 Å². The van der Waals surface area contributed by atoms with Gasteiger partial charge in [-0.05, 0) is 17.7 Å². The molecule has 5 nitrogen and oxygen atoms in total. The Balaban J connectivity index is 1.74. The Morgan fingerprint density at radius 3 is 2.62 bits per heavy atom. The highest BCUT2D eigenvalue weighted by Gasteiger charge is 2.30. The van der Waals surface area contributed by atoms with Gasteiger partial charge in [0.25, 0.3) is 0 Å². The van der Waals surface area contributed by atoms with Gasteiger partial charge >= 0.3 is 5.97 Å². The summed E-state index contributed by atoms with van der Waals surface area (Å²) in [4.78, 5) is 11.9. The average molecular weight is 386 g/mol. The molecule has 0 spiro atoms. The number of nitrogens with zero attached hydrogens (tertiary/aromatic N) is 3. The molecule has 1 atom stereocenters. The molecule has 1 fully saturated rings. The van der Waals surface area contributed by atoms with Crippen molar-refractivity contribution in [3.05, 3.63) is 65.2 Å². The van der Waals surface area contributed by atoms with Gasteiger partial charge in [0.2, 0.25) is 0 Å². The van der Waals surface area contributed by atoms with Crippen LogP contribution in [0.4, 0.5) is 0 Å². The predicted octanol–water partition coefficient (Wildman–Crippen LogP) is 4.05. The molecular weight excluding hydrogens is 370 g/mol. The van der Waals surface area contributed by atoms with Gasteiger partial charge in [0, 0.05) is 12.0 Å². The van der Waals surface area contributed by atoms with Crippen LogP contribution in [0.15, 0.2) is 59.8 Å². The normalized spacial score (nSPS) is 16.7. The van der Waals surface area contributed by atoms with Crippen molar-refractivity contribution in [1.29, 1.82) is 0 Å². The van der Waals surface area contributed by atoms with Gasteiger partial charge in [-0.15, -0.1) is 10.2 Å². The lowest BCUT2D eigenvalue weighted by molar-refractivity contribution is -0.137. The average Bonchev–Trinajstić information content (AvgIpc) is 3.24. The Hall–Kier alpha value is -2.31. The Morgan fingerprint density at radius 2 is 1.88 bits per heavy atom. The van der Waals surface area contributed by atoms with E-state index in [1.807, 2.05) is 47.0 Å². The van der Waals surface area contributed by atoms with Crippen molar-refractivity contribution in [2.24, 2.45) is 0 Å². The van der Waals surface area contributed by atoms with E-state index >= 15 is 0 Å². The van der Waals surface area contributed by atoms with Crippen molar-refractivity contribution in [1.82, 2.24) is 14.8 Å². The second-order valence-corrected chi connectivity index (χ2v) is 7.50. The van der Waals surface area contributed by atoms with Gasteiger partial charge in [-0.2, -0.15) is 0 Å². The molecule has 0 N–H and O–H groups in total. The van der Waals surface area contributed by atoms with E-state index in [4.69, 9.17) is 16.3 Å². The first-order chi connectivity index (χ1) is 12.7. The monoisotopic (exact) mass is 385 g/mol. The summed E-state index contributed by atoms with van der Waals surface area (Å²) in [6.45, 7) is 1.05. The van der Waals surface area contributed by atoms with Gasteiger partial charge in [0.15, 0.2) is 11.0 Å². The summed E-state index contributed by atoms with van der Waals surface area (Å²) >= 11 is 7.77. The maximum Gasteiger partial charge on any atom is 0.319 e. The van der Waals surface area contributed by atoms with Crippen LogP contribution in [0.3, 0.4) is 0 Å². The third-order valence-electron chi connectivity index (χ3n) is 4.15. The summed E-state index contributed by atoms with van der Waals surface area (Å²) in [5.74, 6) is 0.497. The largest absolute Gasteiger partial charge is 0.465 e. The van der Waals surface area contributed by atoms with Crippen LogP contribution in [0.2, 0.25) is 5.02 Å². The van der Waals surface area contributed by atoms with E-state index in [2.05, 4.69) is 22.3 Å². The maximum atomic E-state index is 11.9. The molecule has 3 aromatic rings. The van der Waals surface area contributed by atoms with Crippen molar-refractivity contribution in [3.8, 4) is 11.4 Å². The number of carbonyl (C=O) groups is 1. The molecule has 1 aromatic heterocycles. The van der Waals surface area contributed by atoms with Crippen LogP contribution in [-0.2, 0) is 16.1 Å². The molecule has 4 rings (SSSR count). The van der Waals surface area contributed by atoms with Crippen LogP contribution in [0.1, 0.15) is 12.0 Å². The molecule has 1 saturated heterocycles. The topological polar surface area (TPSA) is 57.0 Å². The fourth-order valence-corrected chi connectivity index (χ4v) is 4.06. The van der Waals surface area contributed by atoms with E-state index < -0.39 is 0 Å². The van der Waals surface area contributed by atoms with Crippen LogP contribution in [0.25, 0.3) is 11.4 Å². The van der Waals surface area contributed by atoms with Gasteiger partial charge in [0.05, 0.1) is 18.2 Å². The van der Waals surface area contributed by atoms with Crippen LogP contribution in [0.5, 0.6) is 0 Å². The highest BCUT2D eigenvalue weighted by atomic mass is 35.5. The molecule has 7 heteroatoms. The number of hydrogen-bond donors (Lipinski definition) is 0. The number of esters is 1. The lowest BCUT2D eigenvalue weighted by atomic mass is 10.2. The number of carbonyl (C=O) groups excluding carboxylic acids is 1. The Morgan fingerprint density at radius 1 is 1.12 bits per heavy atom. The molecule has 1 aliphatic rings. The maximum absolute atomic E-state index is 11.9. The van der Waals surface area contributed by atoms with E-state index in [1.165, 1.54) is 11.8 Å². The standard InChI is InChI=1S/C19H16ClN3O2S/c20-15-9-5-4-8-14(15)17-21-22-19(26-16-10-11-25-18(16)24)23(17)12-13-6-2-1-3-7-13/h1-9,16H,10-12H2/t16-/m0/s1. The summed E-state index contributed by atoms with van der Waals surface area (Å²) in [6, 6.07) is 17.6. The highest BCUT2D eigenvalue weighted by molar-refractivity contribution is 8.00. The van der Waals surface area contributed by atoms with Crippen molar-refractivity contribution in [3.63, 3.8) is 0 Å². The zero-order valence-electron chi connectivity index (χ0n) is 13.8. The van der Waals surface area contributed by atoms with E-state index in [1.54, 1.807) is 0 Å². The molecule has 0 bridgehead atoms. The van der Waals surface area contributed by atoms with Gasteiger partial charge in [-0.1, -0.05) is 65.8 Å². The third kappa shape index (κ3) is 3.48. The number of benzene rings is 2. The summed E-state index contributed by atoms with van der Waals surface area (Å²) < 4.78 is 7.07. The minimum Gasteiger partial charge on any atom is -0.465 e. The van der Waals surface area contributed by atoms with Crippen LogP contribution in [-0.4, -0.2) is 32.6 Å². The van der Waals surface area contributed by atoms with E-state index in [0.717, 1.165) is 11.1 Å². The van der Waals surface area contributed by atoms with E-state index in [9.17, 15) is 4.79 Å². The van der Waals surface area contributed by atoms with Gasteiger partial charge in [0.1, 0.15) is 5.25 Å². The van der Waals surface area contributed by atoms with E-state index in [0.29, 0.717) is 35.6 Å². The first-order valence-electron chi connectivity index (χ1n) is 8.27. The summed E-state index contributed by atoms with van der Waals surface area (Å²) in [7, 11) is 0. The number of hydrogen-bond acceptors (Lipinski definition) is 5. The van der Waals surface area contributed by atoms with Gasteiger partial charge in [-0.3, -0.25) is 9.36 Å². The molecule has 132 valence electrons. The second kappa shape index (κ2) is 7.51. The smallest absolute Gasteiger partial charge is 0.319 e. The molecule has 0 unspecified atom stereocenters. The molecular formula is C19H16ClN3O2S.